The van der Waals surface area contributed by atoms with E-state index in [2.05, 4.69) is 17.4 Å². The Morgan fingerprint density at radius 1 is 1.09 bits per heavy atom. The Labute approximate surface area is 198 Å². The monoisotopic (exact) mass is 466 g/mol. The van der Waals surface area contributed by atoms with E-state index >= 15 is 0 Å². The molecule has 0 spiro atoms. The van der Waals surface area contributed by atoms with Gasteiger partial charge >= 0.3 is 12.1 Å². The summed E-state index contributed by atoms with van der Waals surface area (Å²) in [5.74, 6) is -2.05. The smallest absolute Gasteiger partial charge is 0.407 e. The van der Waals surface area contributed by atoms with Gasteiger partial charge in [-0.15, -0.1) is 0 Å². The lowest BCUT2D eigenvalue weighted by Gasteiger charge is -2.30. The van der Waals surface area contributed by atoms with E-state index in [0.29, 0.717) is 6.42 Å². The van der Waals surface area contributed by atoms with Crippen LogP contribution in [0.3, 0.4) is 0 Å². The molecule has 4 atom stereocenters. The fraction of sp³-hybridized carbons (Fsp3) is 0.423. The molecule has 1 fully saturated rings. The Morgan fingerprint density at radius 3 is 2.24 bits per heavy atom. The van der Waals surface area contributed by atoms with Crippen LogP contribution in [-0.4, -0.2) is 64.4 Å². The van der Waals surface area contributed by atoms with Crippen molar-refractivity contribution in [2.75, 3.05) is 13.2 Å². The lowest BCUT2D eigenvalue weighted by Crippen LogP contribution is -2.54. The maximum absolute atomic E-state index is 13.2. The number of rotatable bonds is 7. The summed E-state index contributed by atoms with van der Waals surface area (Å²) < 4.78 is 5.59. The van der Waals surface area contributed by atoms with Gasteiger partial charge in [-0.05, 0) is 28.2 Å². The molecule has 3 N–H and O–H groups in total. The number of ether oxygens (including phenoxy) is 1. The van der Waals surface area contributed by atoms with Gasteiger partial charge in [0.1, 0.15) is 18.7 Å². The van der Waals surface area contributed by atoms with Crippen LogP contribution in [0.25, 0.3) is 11.1 Å². The molecule has 2 aliphatic rings. The van der Waals surface area contributed by atoms with E-state index in [9.17, 15) is 24.6 Å². The molecule has 0 radical (unpaired) electrons. The minimum atomic E-state index is -1.17. The van der Waals surface area contributed by atoms with Gasteiger partial charge < -0.3 is 25.2 Å². The number of likely N-dealkylation sites (tertiary alicyclic amines) is 1. The summed E-state index contributed by atoms with van der Waals surface area (Å²) in [4.78, 5) is 38.7. The van der Waals surface area contributed by atoms with Crippen molar-refractivity contribution in [3.8, 4) is 11.1 Å². The molecule has 0 saturated carbocycles. The molecule has 8 nitrogen and oxygen atoms in total. The van der Waals surface area contributed by atoms with Crippen LogP contribution in [0.1, 0.15) is 43.7 Å². The SMILES string of the molecule is CC[C@H](C)[C@H](NC(=O)OCC1c2ccccc2-c2ccccc21)C(=O)N1CC(O)CC1C(=O)O. The van der Waals surface area contributed by atoms with E-state index in [1.54, 1.807) is 0 Å². The first-order valence-electron chi connectivity index (χ1n) is 11.6. The third-order valence-corrected chi connectivity index (χ3v) is 6.94. The number of carbonyl (C=O) groups is 3. The van der Waals surface area contributed by atoms with Gasteiger partial charge in [-0.2, -0.15) is 0 Å². The molecule has 1 aliphatic carbocycles. The number of β-amino-alcohol motifs (C(OH)–C–C–N with tert-alkyl or cyclic N) is 1. The molecule has 34 heavy (non-hydrogen) atoms. The highest BCUT2D eigenvalue weighted by atomic mass is 16.5. The molecule has 2 aromatic rings. The zero-order chi connectivity index (χ0) is 24.4. The second-order valence-electron chi connectivity index (χ2n) is 9.07. The number of fused-ring (bicyclic) bond motifs is 3. The number of hydrogen-bond acceptors (Lipinski definition) is 5. The molecule has 2 amide bonds. The van der Waals surface area contributed by atoms with Gasteiger partial charge in [0, 0.05) is 18.9 Å². The summed E-state index contributed by atoms with van der Waals surface area (Å²) in [5.41, 5.74) is 4.40. The van der Waals surface area contributed by atoms with Crippen molar-refractivity contribution < 1.29 is 29.3 Å². The molecule has 2 unspecified atom stereocenters. The molecule has 8 heteroatoms. The minimum Gasteiger partial charge on any atom is -0.480 e. The molecule has 0 aromatic heterocycles. The number of nitrogens with zero attached hydrogens (tertiary/aromatic N) is 1. The summed E-state index contributed by atoms with van der Waals surface area (Å²) in [7, 11) is 0. The average Bonchev–Trinajstić information content (AvgIpc) is 3.38. The summed E-state index contributed by atoms with van der Waals surface area (Å²) in [6.45, 7) is 3.74. The van der Waals surface area contributed by atoms with Crippen LogP contribution in [0.5, 0.6) is 0 Å². The summed E-state index contributed by atoms with van der Waals surface area (Å²) >= 11 is 0. The average molecular weight is 467 g/mol. The zero-order valence-corrected chi connectivity index (χ0v) is 19.3. The molecule has 180 valence electrons. The van der Waals surface area contributed by atoms with Crippen LogP contribution in [0, 0.1) is 5.92 Å². The number of carboxylic acid groups (broad SMARTS) is 1. The molecule has 2 aromatic carbocycles. The highest BCUT2D eigenvalue weighted by molar-refractivity contribution is 5.90. The van der Waals surface area contributed by atoms with Crippen molar-refractivity contribution in [2.24, 2.45) is 5.92 Å². The van der Waals surface area contributed by atoms with Crippen LogP contribution < -0.4 is 5.32 Å². The van der Waals surface area contributed by atoms with Gasteiger partial charge in [0.25, 0.3) is 0 Å². The second-order valence-corrected chi connectivity index (χ2v) is 9.07. The number of carbonyl (C=O) groups excluding carboxylic acids is 2. The van der Waals surface area contributed by atoms with Crippen LogP contribution in [0.15, 0.2) is 48.5 Å². The summed E-state index contributed by atoms with van der Waals surface area (Å²) in [6, 6.07) is 14.0. The number of nitrogens with one attached hydrogen (secondary N) is 1. The fourth-order valence-corrected chi connectivity index (χ4v) is 4.92. The predicted octanol–water partition coefficient (Wildman–Crippen LogP) is 2.99. The fourth-order valence-electron chi connectivity index (χ4n) is 4.92. The lowest BCUT2D eigenvalue weighted by molar-refractivity contribution is -0.149. The van der Waals surface area contributed by atoms with E-state index < -0.39 is 36.2 Å². The minimum absolute atomic E-state index is 0.0285. The molecule has 0 bridgehead atoms. The number of benzene rings is 2. The zero-order valence-electron chi connectivity index (χ0n) is 19.3. The standard InChI is InChI=1S/C26H30N2O6/c1-3-15(2)23(24(30)28-13-16(29)12-22(28)25(31)32)27-26(33)34-14-21-19-10-6-4-8-17(19)18-9-5-7-11-20(18)21/h4-11,15-16,21-23,29H,3,12-14H2,1-2H3,(H,27,33)(H,31,32)/t15-,16?,22?,23-/m0/s1. The highest BCUT2D eigenvalue weighted by Crippen LogP contribution is 2.44. The van der Waals surface area contributed by atoms with Crippen molar-refractivity contribution in [2.45, 2.75) is 50.8 Å². The van der Waals surface area contributed by atoms with Crippen LogP contribution >= 0.6 is 0 Å². The van der Waals surface area contributed by atoms with Gasteiger partial charge in [-0.25, -0.2) is 9.59 Å². The van der Waals surface area contributed by atoms with Gasteiger partial charge in [-0.3, -0.25) is 4.79 Å². The predicted molar refractivity (Wildman–Crippen MR) is 125 cm³/mol. The first kappa shape index (κ1) is 23.8. The molecule has 4 rings (SSSR count). The van der Waals surface area contributed by atoms with Gasteiger partial charge in [0.15, 0.2) is 0 Å². The highest BCUT2D eigenvalue weighted by Gasteiger charge is 2.42. The third-order valence-electron chi connectivity index (χ3n) is 6.94. The first-order valence-corrected chi connectivity index (χ1v) is 11.6. The number of carboxylic acids is 1. The molecular weight excluding hydrogens is 436 g/mol. The topological polar surface area (TPSA) is 116 Å². The Hall–Kier alpha value is -3.39. The van der Waals surface area contributed by atoms with E-state index in [4.69, 9.17) is 4.74 Å². The van der Waals surface area contributed by atoms with E-state index in [0.717, 1.165) is 27.2 Å². The number of alkyl carbamates (subject to hydrolysis) is 1. The van der Waals surface area contributed by atoms with E-state index in [-0.39, 0.29) is 31.4 Å². The van der Waals surface area contributed by atoms with Crippen LogP contribution in [0.2, 0.25) is 0 Å². The van der Waals surface area contributed by atoms with Crippen LogP contribution in [-0.2, 0) is 14.3 Å². The van der Waals surface area contributed by atoms with Crippen molar-refractivity contribution in [3.05, 3.63) is 59.7 Å². The number of amides is 2. The normalized spacial score (nSPS) is 20.9. The number of hydrogen-bond donors (Lipinski definition) is 3. The summed E-state index contributed by atoms with van der Waals surface area (Å²) in [6.07, 6.45) is -1.07. The van der Waals surface area contributed by atoms with Gasteiger partial charge in [0.2, 0.25) is 5.91 Å². The largest absolute Gasteiger partial charge is 0.480 e. The van der Waals surface area contributed by atoms with Crippen molar-refractivity contribution in [3.63, 3.8) is 0 Å². The first-order chi connectivity index (χ1) is 16.3. The maximum atomic E-state index is 13.2. The quantitative estimate of drug-likeness (QED) is 0.578. The number of aliphatic carboxylic acids is 1. The molecular formula is C26H30N2O6. The molecule has 1 saturated heterocycles. The molecule has 1 aliphatic heterocycles. The maximum Gasteiger partial charge on any atom is 0.407 e. The van der Waals surface area contributed by atoms with E-state index in [1.165, 1.54) is 0 Å². The Kier molecular flexibility index (Phi) is 6.88. The van der Waals surface area contributed by atoms with Gasteiger partial charge in [0.05, 0.1) is 6.10 Å². The summed E-state index contributed by atoms with van der Waals surface area (Å²) in [5, 5.41) is 22.0. The Balaban J connectivity index is 1.46. The van der Waals surface area contributed by atoms with Crippen molar-refractivity contribution in [1.29, 1.82) is 0 Å². The van der Waals surface area contributed by atoms with Crippen molar-refractivity contribution in [1.82, 2.24) is 10.2 Å². The third kappa shape index (κ3) is 4.50. The second kappa shape index (κ2) is 9.85. The van der Waals surface area contributed by atoms with Gasteiger partial charge in [-0.1, -0.05) is 68.8 Å². The molecule has 1 heterocycles. The Bertz CT molecular complexity index is 1040. The van der Waals surface area contributed by atoms with Crippen LogP contribution in [0.4, 0.5) is 4.79 Å². The lowest BCUT2D eigenvalue weighted by atomic mass is 9.97. The van der Waals surface area contributed by atoms with E-state index in [1.807, 2.05) is 50.2 Å². The number of aliphatic hydroxyl groups excluding tert-OH is 1. The Morgan fingerprint density at radius 2 is 1.68 bits per heavy atom. The van der Waals surface area contributed by atoms with Crippen molar-refractivity contribution >= 4 is 18.0 Å². The number of aliphatic hydroxyl groups is 1.